The van der Waals surface area contributed by atoms with Crippen LogP contribution in [-0.2, 0) is 4.79 Å². The number of thiophene rings is 1. The van der Waals surface area contributed by atoms with Gasteiger partial charge in [-0.25, -0.2) is 0 Å². The van der Waals surface area contributed by atoms with Gasteiger partial charge < -0.3 is 11.1 Å². The first-order valence-corrected chi connectivity index (χ1v) is 6.53. The molecule has 1 aromatic heterocycles. The maximum Gasteiger partial charge on any atom is 0.237 e. The maximum absolute atomic E-state index is 11.8. The quantitative estimate of drug-likeness (QED) is 0.829. The van der Waals surface area contributed by atoms with Gasteiger partial charge in [0.05, 0.1) is 12.1 Å². The zero-order chi connectivity index (χ0) is 12.1. The van der Waals surface area contributed by atoms with Gasteiger partial charge in [0.25, 0.3) is 0 Å². The molecule has 3 N–H and O–H groups in total. The second-order valence-corrected chi connectivity index (χ2v) is 5.14. The predicted molar refractivity (Wildman–Crippen MR) is 68.3 cm³/mol. The number of hydrogen-bond donors (Lipinski definition) is 2. The lowest BCUT2D eigenvalue weighted by atomic mass is 9.99. The molecule has 0 radical (unpaired) electrons. The van der Waals surface area contributed by atoms with Crippen LogP contribution < -0.4 is 11.1 Å². The molecule has 0 aromatic carbocycles. The molecule has 90 valence electrons. The standard InChI is InChI=1S/C12H20N2OS/c1-4-8(2)11(13)12(15)14-9(3)10-6-5-7-16-10/h5-9,11H,4,13H2,1-3H3,(H,14,15). The molecule has 3 unspecified atom stereocenters. The van der Waals surface area contributed by atoms with Crippen molar-refractivity contribution in [3.63, 3.8) is 0 Å². The topological polar surface area (TPSA) is 55.1 Å². The van der Waals surface area contributed by atoms with E-state index in [0.717, 1.165) is 11.3 Å². The molecule has 16 heavy (non-hydrogen) atoms. The maximum atomic E-state index is 11.8. The Hall–Kier alpha value is -0.870. The lowest BCUT2D eigenvalue weighted by Crippen LogP contribution is -2.45. The molecule has 0 aliphatic rings. The Balaban J connectivity index is 2.51. The van der Waals surface area contributed by atoms with Gasteiger partial charge >= 0.3 is 0 Å². The van der Waals surface area contributed by atoms with Crippen LogP contribution >= 0.6 is 11.3 Å². The molecule has 1 aromatic rings. The molecule has 0 saturated heterocycles. The summed E-state index contributed by atoms with van der Waals surface area (Å²) in [6.07, 6.45) is 0.919. The number of carbonyl (C=O) groups excluding carboxylic acids is 1. The van der Waals surface area contributed by atoms with Crippen molar-refractivity contribution in [2.75, 3.05) is 0 Å². The van der Waals surface area contributed by atoms with E-state index in [4.69, 9.17) is 5.73 Å². The van der Waals surface area contributed by atoms with Crippen LogP contribution in [0.2, 0.25) is 0 Å². The Bertz CT molecular complexity index is 324. The SMILES string of the molecule is CCC(C)C(N)C(=O)NC(C)c1cccs1. The minimum absolute atomic E-state index is 0.0441. The fourth-order valence-corrected chi connectivity index (χ4v) is 2.17. The van der Waals surface area contributed by atoms with E-state index in [2.05, 4.69) is 5.32 Å². The van der Waals surface area contributed by atoms with Gasteiger partial charge in [-0.1, -0.05) is 26.3 Å². The number of nitrogens with two attached hydrogens (primary N) is 1. The molecule has 1 heterocycles. The highest BCUT2D eigenvalue weighted by atomic mass is 32.1. The first-order valence-electron chi connectivity index (χ1n) is 5.65. The first-order chi connectivity index (χ1) is 7.56. The van der Waals surface area contributed by atoms with Gasteiger partial charge in [0.1, 0.15) is 0 Å². The Morgan fingerprint density at radius 3 is 2.75 bits per heavy atom. The van der Waals surface area contributed by atoms with Crippen molar-refractivity contribution in [3.05, 3.63) is 22.4 Å². The third-order valence-electron chi connectivity index (χ3n) is 2.89. The highest BCUT2D eigenvalue weighted by molar-refractivity contribution is 7.10. The third kappa shape index (κ3) is 3.32. The van der Waals surface area contributed by atoms with E-state index >= 15 is 0 Å². The van der Waals surface area contributed by atoms with Crippen molar-refractivity contribution in [1.29, 1.82) is 0 Å². The van der Waals surface area contributed by atoms with Crippen LogP contribution in [0, 0.1) is 5.92 Å². The number of amides is 1. The molecule has 0 aliphatic carbocycles. The molecule has 0 saturated carbocycles. The molecular weight excluding hydrogens is 220 g/mol. The highest BCUT2D eigenvalue weighted by Crippen LogP contribution is 2.18. The Labute approximate surface area is 101 Å². The fourth-order valence-electron chi connectivity index (χ4n) is 1.43. The van der Waals surface area contributed by atoms with Crippen molar-refractivity contribution >= 4 is 17.2 Å². The van der Waals surface area contributed by atoms with Crippen LogP contribution in [0.3, 0.4) is 0 Å². The first kappa shape index (κ1) is 13.2. The lowest BCUT2D eigenvalue weighted by molar-refractivity contribution is -0.124. The van der Waals surface area contributed by atoms with Crippen LogP contribution in [0.1, 0.15) is 38.1 Å². The zero-order valence-corrected chi connectivity index (χ0v) is 10.9. The summed E-state index contributed by atoms with van der Waals surface area (Å²) in [5.74, 6) is 0.158. The zero-order valence-electron chi connectivity index (χ0n) is 10.1. The molecule has 1 amide bonds. The second kappa shape index (κ2) is 6.01. The van der Waals surface area contributed by atoms with Crippen LogP contribution in [0.15, 0.2) is 17.5 Å². The van der Waals surface area contributed by atoms with Crippen LogP contribution in [-0.4, -0.2) is 11.9 Å². The predicted octanol–water partition coefficient (Wildman–Crippen LogP) is 2.30. The normalized spacial score (nSPS) is 16.5. The fraction of sp³-hybridized carbons (Fsp3) is 0.583. The van der Waals surface area contributed by atoms with Crippen molar-refractivity contribution in [2.24, 2.45) is 11.7 Å². The van der Waals surface area contributed by atoms with Crippen molar-refractivity contribution in [3.8, 4) is 0 Å². The van der Waals surface area contributed by atoms with Crippen LogP contribution in [0.25, 0.3) is 0 Å². The summed E-state index contributed by atoms with van der Waals surface area (Å²) in [6.45, 7) is 6.02. The van der Waals surface area contributed by atoms with E-state index in [0.29, 0.717) is 0 Å². The summed E-state index contributed by atoms with van der Waals surface area (Å²) < 4.78 is 0. The molecule has 0 bridgehead atoms. The van der Waals surface area contributed by atoms with E-state index in [9.17, 15) is 4.79 Å². The average Bonchev–Trinajstić information content (AvgIpc) is 2.80. The van der Waals surface area contributed by atoms with E-state index in [1.165, 1.54) is 0 Å². The van der Waals surface area contributed by atoms with E-state index < -0.39 is 6.04 Å². The monoisotopic (exact) mass is 240 g/mol. The summed E-state index contributed by atoms with van der Waals surface area (Å²) in [4.78, 5) is 13.0. The van der Waals surface area contributed by atoms with Crippen LogP contribution in [0.4, 0.5) is 0 Å². The Morgan fingerprint density at radius 1 is 1.56 bits per heavy atom. The molecule has 3 atom stereocenters. The van der Waals surface area contributed by atoms with Gasteiger partial charge in [0.15, 0.2) is 0 Å². The average molecular weight is 240 g/mol. The second-order valence-electron chi connectivity index (χ2n) is 4.16. The number of rotatable bonds is 5. The Kier molecular flexibility index (Phi) is 4.96. The summed E-state index contributed by atoms with van der Waals surface area (Å²) in [7, 11) is 0. The minimum Gasteiger partial charge on any atom is -0.347 e. The van der Waals surface area contributed by atoms with Gasteiger partial charge in [-0.15, -0.1) is 11.3 Å². The van der Waals surface area contributed by atoms with Gasteiger partial charge in [0, 0.05) is 4.88 Å². The van der Waals surface area contributed by atoms with Gasteiger partial charge in [-0.05, 0) is 24.3 Å². The Morgan fingerprint density at radius 2 is 2.25 bits per heavy atom. The molecule has 4 heteroatoms. The summed E-state index contributed by atoms with van der Waals surface area (Å²) >= 11 is 1.64. The third-order valence-corrected chi connectivity index (χ3v) is 3.94. The van der Waals surface area contributed by atoms with Gasteiger partial charge in [0.2, 0.25) is 5.91 Å². The van der Waals surface area contributed by atoms with Crippen LogP contribution in [0.5, 0.6) is 0 Å². The van der Waals surface area contributed by atoms with Gasteiger partial charge in [-0.3, -0.25) is 4.79 Å². The smallest absolute Gasteiger partial charge is 0.237 e. The number of hydrogen-bond acceptors (Lipinski definition) is 3. The lowest BCUT2D eigenvalue weighted by Gasteiger charge is -2.20. The van der Waals surface area contributed by atoms with E-state index in [1.54, 1.807) is 11.3 Å². The molecular formula is C12H20N2OS. The van der Waals surface area contributed by atoms with Gasteiger partial charge in [-0.2, -0.15) is 0 Å². The number of carbonyl (C=O) groups is 1. The highest BCUT2D eigenvalue weighted by Gasteiger charge is 2.21. The van der Waals surface area contributed by atoms with E-state index in [-0.39, 0.29) is 17.9 Å². The molecule has 0 fully saturated rings. The number of nitrogens with one attached hydrogen (secondary N) is 1. The molecule has 3 nitrogen and oxygen atoms in total. The summed E-state index contributed by atoms with van der Waals surface area (Å²) in [6, 6.07) is 3.64. The van der Waals surface area contributed by atoms with E-state index in [1.807, 2.05) is 38.3 Å². The minimum atomic E-state index is -0.410. The summed E-state index contributed by atoms with van der Waals surface area (Å²) in [5.41, 5.74) is 5.86. The largest absolute Gasteiger partial charge is 0.347 e. The molecule has 0 spiro atoms. The van der Waals surface area contributed by atoms with Crippen molar-refractivity contribution in [1.82, 2.24) is 5.32 Å². The summed E-state index contributed by atoms with van der Waals surface area (Å²) in [5, 5.41) is 4.95. The van der Waals surface area contributed by atoms with Crippen molar-refractivity contribution < 1.29 is 4.79 Å². The molecule has 1 rings (SSSR count). The van der Waals surface area contributed by atoms with Crippen molar-refractivity contribution in [2.45, 2.75) is 39.3 Å². The molecule has 0 aliphatic heterocycles.